The Morgan fingerprint density at radius 3 is 2.09 bits per heavy atom. The van der Waals surface area contributed by atoms with Crippen LogP contribution in [0.4, 0.5) is 5.69 Å². The lowest BCUT2D eigenvalue weighted by Gasteiger charge is -2.26. The van der Waals surface area contributed by atoms with Crippen LogP contribution in [0.3, 0.4) is 0 Å². The van der Waals surface area contributed by atoms with Crippen LogP contribution in [0.2, 0.25) is 0 Å². The number of nitro benzene ring substituents is 1. The minimum Gasteiger partial charge on any atom is -0.455 e. The molecule has 0 aliphatic heterocycles. The molecule has 0 spiro atoms. The molecule has 0 fully saturated rings. The number of carbonyl (C=O) groups is 1. The molecule has 164 valence electrons. The summed E-state index contributed by atoms with van der Waals surface area (Å²) in [4.78, 5) is 23.8. The first-order chi connectivity index (χ1) is 16.0. The van der Waals surface area contributed by atoms with Gasteiger partial charge in [0.05, 0.1) is 16.7 Å². The highest BCUT2D eigenvalue weighted by Crippen LogP contribution is 2.31. The number of hydrazone groups is 1. The largest absolute Gasteiger partial charge is 0.455 e. The number of aliphatic hydroxyl groups is 1. The lowest BCUT2D eigenvalue weighted by atomic mass is 9.85. The van der Waals surface area contributed by atoms with E-state index >= 15 is 0 Å². The van der Waals surface area contributed by atoms with Crippen molar-refractivity contribution in [2.75, 3.05) is 0 Å². The molecule has 0 aliphatic carbocycles. The van der Waals surface area contributed by atoms with Crippen molar-refractivity contribution in [3.63, 3.8) is 0 Å². The van der Waals surface area contributed by atoms with E-state index in [0.717, 1.165) is 0 Å². The fraction of sp³-hybridized carbons (Fsp3) is 0.0400. The number of hydrogen-bond donors (Lipinski definition) is 2. The highest BCUT2D eigenvalue weighted by molar-refractivity contribution is 5.91. The van der Waals surface area contributed by atoms with E-state index in [0.29, 0.717) is 22.5 Å². The summed E-state index contributed by atoms with van der Waals surface area (Å²) < 4.78 is 5.63. The number of nitrogens with zero attached hydrogens (tertiary/aromatic N) is 2. The third-order valence-corrected chi connectivity index (χ3v) is 5.06. The second kappa shape index (κ2) is 9.29. The first-order valence-electron chi connectivity index (χ1n) is 10.0. The van der Waals surface area contributed by atoms with Gasteiger partial charge in [-0.1, -0.05) is 72.8 Å². The Morgan fingerprint density at radius 1 is 0.909 bits per heavy atom. The van der Waals surface area contributed by atoms with Crippen molar-refractivity contribution in [2.45, 2.75) is 5.60 Å². The summed E-state index contributed by atoms with van der Waals surface area (Å²) in [5.74, 6) is -0.187. The highest BCUT2D eigenvalue weighted by Gasteiger charge is 2.39. The van der Waals surface area contributed by atoms with Gasteiger partial charge in [0.2, 0.25) is 0 Å². The lowest BCUT2D eigenvalue weighted by Crippen LogP contribution is -2.43. The SMILES string of the molecule is O=C(NN=Cc1ccc(-c2ccccc2[N+](=O)[O-])o1)C(O)(c1ccccc1)c1ccccc1. The Balaban J connectivity index is 1.56. The maximum Gasteiger partial charge on any atom is 0.281 e. The Bertz CT molecular complexity index is 1260. The van der Waals surface area contributed by atoms with Crippen molar-refractivity contribution in [2.24, 2.45) is 5.10 Å². The van der Waals surface area contributed by atoms with E-state index in [1.54, 1.807) is 91.0 Å². The topological polar surface area (TPSA) is 118 Å². The normalized spacial score (nSPS) is 11.4. The minimum atomic E-state index is -1.96. The molecule has 4 rings (SSSR count). The second-order valence-electron chi connectivity index (χ2n) is 7.12. The number of carbonyl (C=O) groups excluding carboxylic acids is 1. The van der Waals surface area contributed by atoms with Crippen LogP contribution in [0.5, 0.6) is 0 Å². The van der Waals surface area contributed by atoms with Gasteiger partial charge in [0.15, 0.2) is 5.60 Å². The van der Waals surface area contributed by atoms with Gasteiger partial charge in [0.1, 0.15) is 11.5 Å². The quantitative estimate of drug-likeness (QED) is 0.253. The third kappa shape index (κ3) is 4.41. The molecule has 0 aliphatic rings. The van der Waals surface area contributed by atoms with Gasteiger partial charge in [-0.25, -0.2) is 5.43 Å². The molecule has 0 atom stereocenters. The van der Waals surface area contributed by atoms with E-state index in [2.05, 4.69) is 10.5 Å². The number of amides is 1. The van der Waals surface area contributed by atoms with Crippen molar-refractivity contribution in [3.8, 4) is 11.3 Å². The van der Waals surface area contributed by atoms with Crippen LogP contribution in [0.15, 0.2) is 107 Å². The number of furan rings is 1. The molecule has 0 radical (unpaired) electrons. The fourth-order valence-corrected chi connectivity index (χ4v) is 3.43. The molecule has 8 heteroatoms. The lowest BCUT2D eigenvalue weighted by molar-refractivity contribution is -0.384. The predicted molar refractivity (Wildman–Crippen MR) is 122 cm³/mol. The molecule has 0 unspecified atom stereocenters. The van der Waals surface area contributed by atoms with Gasteiger partial charge in [0.25, 0.3) is 11.6 Å². The van der Waals surface area contributed by atoms with Crippen LogP contribution < -0.4 is 5.43 Å². The molecule has 0 saturated carbocycles. The first kappa shape index (κ1) is 21.7. The zero-order valence-electron chi connectivity index (χ0n) is 17.3. The molecular weight excluding hydrogens is 422 g/mol. The molecule has 4 aromatic rings. The van der Waals surface area contributed by atoms with Crippen molar-refractivity contribution < 1.29 is 19.2 Å². The monoisotopic (exact) mass is 441 g/mol. The molecule has 1 aromatic heterocycles. The summed E-state index contributed by atoms with van der Waals surface area (Å²) in [7, 11) is 0. The molecule has 0 saturated heterocycles. The molecule has 1 amide bonds. The van der Waals surface area contributed by atoms with Crippen molar-refractivity contribution >= 4 is 17.8 Å². The van der Waals surface area contributed by atoms with Gasteiger partial charge in [0, 0.05) is 6.07 Å². The Hall–Kier alpha value is -4.56. The van der Waals surface area contributed by atoms with Crippen molar-refractivity contribution in [1.29, 1.82) is 0 Å². The van der Waals surface area contributed by atoms with E-state index in [-0.39, 0.29) is 11.4 Å². The molecule has 0 bridgehead atoms. The van der Waals surface area contributed by atoms with Gasteiger partial charge in [-0.05, 0) is 29.3 Å². The fourth-order valence-electron chi connectivity index (χ4n) is 3.43. The Morgan fingerprint density at radius 2 is 1.48 bits per heavy atom. The van der Waals surface area contributed by atoms with E-state index in [1.165, 1.54) is 12.3 Å². The average molecular weight is 441 g/mol. The van der Waals surface area contributed by atoms with Gasteiger partial charge in [-0.2, -0.15) is 5.10 Å². The Kier molecular flexibility index (Phi) is 6.10. The van der Waals surface area contributed by atoms with Gasteiger partial charge in [-0.15, -0.1) is 0 Å². The van der Waals surface area contributed by atoms with Gasteiger partial charge in [-0.3, -0.25) is 14.9 Å². The molecule has 1 heterocycles. The van der Waals surface area contributed by atoms with Crippen LogP contribution in [0, 0.1) is 10.1 Å². The Labute approximate surface area is 189 Å². The average Bonchev–Trinajstić information content (AvgIpc) is 3.33. The third-order valence-electron chi connectivity index (χ3n) is 5.06. The first-order valence-corrected chi connectivity index (χ1v) is 10.0. The number of para-hydroxylation sites is 1. The maximum atomic E-state index is 13.0. The van der Waals surface area contributed by atoms with Crippen LogP contribution in [-0.4, -0.2) is 22.2 Å². The van der Waals surface area contributed by atoms with E-state index < -0.39 is 16.4 Å². The smallest absolute Gasteiger partial charge is 0.281 e. The molecule has 3 aromatic carbocycles. The summed E-state index contributed by atoms with van der Waals surface area (Å²) in [6.07, 6.45) is 1.26. The maximum absolute atomic E-state index is 13.0. The number of nitrogens with one attached hydrogen (secondary N) is 1. The number of nitro groups is 1. The highest BCUT2D eigenvalue weighted by atomic mass is 16.6. The summed E-state index contributed by atoms with van der Waals surface area (Å²) in [6.45, 7) is 0. The minimum absolute atomic E-state index is 0.0839. The second-order valence-corrected chi connectivity index (χ2v) is 7.12. The number of benzene rings is 3. The van der Waals surface area contributed by atoms with Crippen molar-refractivity contribution in [1.82, 2.24) is 5.43 Å². The number of rotatable bonds is 7. The van der Waals surface area contributed by atoms with Crippen LogP contribution >= 0.6 is 0 Å². The van der Waals surface area contributed by atoms with E-state index in [1.807, 2.05) is 0 Å². The summed E-state index contributed by atoms with van der Waals surface area (Å²) >= 11 is 0. The van der Waals surface area contributed by atoms with E-state index in [4.69, 9.17) is 4.42 Å². The molecular formula is C25H19N3O5. The summed E-state index contributed by atoms with van der Waals surface area (Å²) in [5, 5.41) is 26.5. The summed E-state index contributed by atoms with van der Waals surface area (Å²) in [5.41, 5.74) is 1.42. The predicted octanol–water partition coefficient (Wildman–Crippen LogP) is 4.24. The molecule has 33 heavy (non-hydrogen) atoms. The number of hydrogen-bond acceptors (Lipinski definition) is 6. The van der Waals surface area contributed by atoms with Crippen LogP contribution in [-0.2, 0) is 10.4 Å². The van der Waals surface area contributed by atoms with Gasteiger partial charge < -0.3 is 9.52 Å². The van der Waals surface area contributed by atoms with E-state index in [9.17, 15) is 20.0 Å². The zero-order chi connectivity index (χ0) is 23.3. The standard InChI is InChI=1S/C25H19N3O5/c29-24(25(30,18-9-3-1-4-10-18)19-11-5-2-6-12-19)27-26-17-20-15-16-23(33-20)21-13-7-8-14-22(21)28(31)32/h1-17,30H,(H,27,29). The van der Waals surface area contributed by atoms with Crippen LogP contribution in [0.1, 0.15) is 16.9 Å². The molecule has 8 nitrogen and oxygen atoms in total. The zero-order valence-corrected chi connectivity index (χ0v) is 17.3. The molecule has 2 N–H and O–H groups in total. The summed E-state index contributed by atoms with van der Waals surface area (Å²) in [6, 6.07) is 26.5. The van der Waals surface area contributed by atoms with Crippen LogP contribution in [0.25, 0.3) is 11.3 Å². The van der Waals surface area contributed by atoms with Gasteiger partial charge >= 0.3 is 0 Å². The van der Waals surface area contributed by atoms with Crippen molar-refractivity contribution in [3.05, 3.63) is 124 Å².